The second kappa shape index (κ2) is 7.99. The minimum atomic E-state index is -3.90. The van der Waals surface area contributed by atoms with Gasteiger partial charge in [-0.05, 0) is 63.5 Å². The van der Waals surface area contributed by atoms with E-state index in [0.717, 1.165) is 23.6 Å². The van der Waals surface area contributed by atoms with Crippen LogP contribution in [-0.2, 0) is 9.59 Å². The van der Waals surface area contributed by atoms with E-state index in [4.69, 9.17) is 5.11 Å². The minimum Gasteiger partial charge on any atom is -0.480 e. The molecule has 1 aliphatic carbocycles. The van der Waals surface area contributed by atoms with E-state index >= 15 is 0 Å². The van der Waals surface area contributed by atoms with Gasteiger partial charge in [0.25, 0.3) is 0 Å². The predicted molar refractivity (Wildman–Crippen MR) is 112 cm³/mol. The molecule has 0 bridgehead atoms. The third-order valence-corrected chi connectivity index (χ3v) is 6.23. The first-order valence-electron chi connectivity index (χ1n) is 9.10. The van der Waals surface area contributed by atoms with E-state index in [9.17, 15) is 18.4 Å². The summed E-state index contributed by atoms with van der Waals surface area (Å²) >= 11 is 3.32. The third-order valence-electron chi connectivity index (χ3n) is 4.76. The molecule has 0 unspecified atom stereocenters. The second-order valence-corrected chi connectivity index (χ2v) is 8.78. The van der Waals surface area contributed by atoms with E-state index in [0.29, 0.717) is 16.2 Å². The van der Waals surface area contributed by atoms with E-state index in [1.165, 1.54) is 16.3 Å². The Morgan fingerprint density at radius 3 is 2.60 bits per heavy atom. The van der Waals surface area contributed by atoms with E-state index < -0.39 is 23.7 Å². The fraction of sp³-hybridized carbons (Fsp3) is 0.250. The zero-order chi connectivity index (χ0) is 21.5. The number of carbonyl (C=O) groups is 2. The molecule has 2 N–H and O–H groups in total. The summed E-state index contributed by atoms with van der Waals surface area (Å²) in [4.78, 5) is 26.4. The summed E-state index contributed by atoms with van der Waals surface area (Å²) in [6.07, 6.45) is 3.66. The van der Waals surface area contributed by atoms with Crippen molar-refractivity contribution < 1.29 is 23.5 Å². The number of halogens is 3. The number of benzene rings is 2. The van der Waals surface area contributed by atoms with Gasteiger partial charge in [-0.1, -0.05) is 30.3 Å². The van der Waals surface area contributed by atoms with Gasteiger partial charge in [0.2, 0.25) is 0 Å². The maximum Gasteiger partial charge on any atom is 0.377 e. The third kappa shape index (κ3) is 4.06. The van der Waals surface area contributed by atoms with Crippen LogP contribution in [0.2, 0.25) is 0 Å². The minimum absolute atomic E-state index is 0.0371. The maximum absolute atomic E-state index is 14.4. The largest absolute Gasteiger partial charge is 0.480 e. The fourth-order valence-corrected chi connectivity index (χ4v) is 4.64. The van der Waals surface area contributed by atoms with Gasteiger partial charge >= 0.3 is 17.1 Å². The van der Waals surface area contributed by atoms with Crippen molar-refractivity contribution in [2.75, 3.05) is 6.54 Å². The first kappa shape index (κ1) is 20.8. The molecule has 1 aromatic heterocycles. The van der Waals surface area contributed by atoms with Crippen molar-refractivity contribution in [2.45, 2.75) is 29.2 Å². The summed E-state index contributed by atoms with van der Waals surface area (Å²) < 4.78 is 30.9. The molecule has 0 spiro atoms. The van der Waals surface area contributed by atoms with Crippen molar-refractivity contribution >= 4 is 50.3 Å². The second-order valence-electron chi connectivity index (χ2n) is 6.89. The van der Waals surface area contributed by atoms with Gasteiger partial charge in [-0.2, -0.15) is 8.78 Å². The van der Waals surface area contributed by atoms with Crippen LogP contribution in [0.1, 0.15) is 24.3 Å². The average Bonchev–Trinajstić information content (AvgIpc) is 3.49. The molecule has 2 aromatic carbocycles. The molecular formula is C20H16BrF2N3O3S. The lowest BCUT2D eigenvalue weighted by molar-refractivity contribution is -0.141. The van der Waals surface area contributed by atoms with Gasteiger partial charge in [0.05, 0.1) is 11.9 Å². The standard InChI is InChI=1S/C20H16BrF2N3O3S/c21-16-9-25-19(30-20(22,23)18(29)24-10-17(27)28)26(16)15-8-7-12(11-5-6-11)13-3-1-2-4-14(13)15/h1-4,7-9,11H,5-6,10H2,(H,24,29)(H,27,28). The van der Waals surface area contributed by atoms with Crippen molar-refractivity contribution in [3.63, 3.8) is 0 Å². The van der Waals surface area contributed by atoms with Gasteiger partial charge in [-0.3, -0.25) is 14.2 Å². The number of hydrogen-bond donors (Lipinski definition) is 2. The van der Waals surface area contributed by atoms with Crippen LogP contribution in [0.25, 0.3) is 16.5 Å². The van der Waals surface area contributed by atoms with E-state index in [-0.39, 0.29) is 16.9 Å². The normalized spacial score (nSPS) is 14.1. The highest BCUT2D eigenvalue weighted by Crippen LogP contribution is 2.45. The molecule has 1 saturated carbocycles. The summed E-state index contributed by atoms with van der Waals surface area (Å²) in [6, 6.07) is 11.6. The summed E-state index contributed by atoms with van der Waals surface area (Å²) in [7, 11) is 0. The highest BCUT2D eigenvalue weighted by molar-refractivity contribution is 9.10. The van der Waals surface area contributed by atoms with Gasteiger partial charge in [-0.25, -0.2) is 4.98 Å². The molecule has 1 amide bonds. The number of carbonyl (C=O) groups excluding carboxylic acids is 1. The number of aromatic nitrogens is 2. The number of nitrogens with one attached hydrogen (secondary N) is 1. The highest BCUT2D eigenvalue weighted by atomic mass is 79.9. The van der Waals surface area contributed by atoms with Crippen LogP contribution in [0.15, 0.2) is 52.4 Å². The predicted octanol–water partition coefficient (Wildman–Crippen LogP) is 4.55. The molecule has 1 aliphatic rings. The quantitative estimate of drug-likeness (QED) is 0.469. The van der Waals surface area contributed by atoms with Crippen molar-refractivity contribution in [3.05, 3.63) is 52.8 Å². The van der Waals surface area contributed by atoms with Crippen LogP contribution in [0, 0.1) is 0 Å². The van der Waals surface area contributed by atoms with Crippen molar-refractivity contribution in [2.24, 2.45) is 0 Å². The molecule has 4 rings (SSSR count). The molecule has 156 valence electrons. The number of nitrogens with zero attached hydrogens (tertiary/aromatic N) is 2. The summed E-state index contributed by atoms with van der Waals surface area (Å²) in [5.41, 5.74) is 1.89. The molecular weight excluding hydrogens is 480 g/mol. The van der Waals surface area contributed by atoms with Gasteiger partial charge in [0.1, 0.15) is 11.1 Å². The van der Waals surface area contributed by atoms with Crippen LogP contribution in [-0.4, -0.2) is 38.3 Å². The lowest BCUT2D eigenvalue weighted by Gasteiger charge is -2.17. The van der Waals surface area contributed by atoms with Crippen molar-refractivity contribution in [3.8, 4) is 5.69 Å². The lowest BCUT2D eigenvalue weighted by atomic mass is 9.99. The number of rotatable bonds is 7. The van der Waals surface area contributed by atoms with E-state index in [1.807, 2.05) is 36.4 Å². The zero-order valence-corrected chi connectivity index (χ0v) is 17.8. The first-order chi connectivity index (χ1) is 14.3. The maximum atomic E-state index is 14.4. The van der Waals surface area contributed by atoms with Crippen LogP contribution >= 0.6 is 27.7 Å². The Morgan fingerprint density at radius 1 is 1.23 bits per heavy atom. The number of carboxylic acid groups (broad SMARTS) is 1. The number of carboxylic acids is 1. The molecule has 0 atom stereocenters. The number of fused-ring (bicyclic) bond motifs is 1. The Hall–Kier alpha value is -2.46. The highest BCUT2D eigenvalue weighted by Gasteiger charge is 2.42. The topological polar surface area (TPSA) is 84.2 Å². The lowest BCUT2D eigenvalue weighted by Crippen LogP contribution is -2.40. The molecule has 1 fully saturated rings. The fourth-order valence-electron chi connectivity index (χ4n) is 3.28. The van der Waals surface area contributed by atoms with E-state index in [1.54, 1.807) is 5.32 Å². The van der Waals surface area contributed by atoms with E-state index in [2.05, 4.69) is 20.9 Å². The molecule has 6 nitrogen and oxygen atoms in total. The molecule has 0 saturated heterocycles. The number of alkyl halides is 2. The Bertz CT molecular complexity index is 1150. The molecule has 0 aliphatic heterocycles. The number of imidazole rings is 1. The summed E-state index contributed by atoms with van der Waals surface area (Å²) in [6.45, 7) is -0.889. The van der Waals surface area contributed by atoms with Crippen LogP contribution in [0.4, 0.5) is 8.78 Å². The van der Waals surface area contributed by atoms with Crippen LogP contribution in [0.3, 0.4) is 0 Å². The number of thioether (sulfide) groups is 1. The number of hydrogen-bond acceptors (Lipinski definition) is 4. The first-order valence-corrected chi connectivity index (χ1v) is 10.7. The molecule has 3 aromatic rings. The van der Waals surface area contributed by atoms with Crippen molar-refractivity contribution in [1.29, 1.82) is 0 Å². The Balaban J connectivity index is 1.72. The monoisotopic (exact) mass is 495 g/mol. The molecule has 10 heteroatoms. The van der Waals surface area contributed by atoms with Gasteiger partial charge < -0.3 is 10.4 Å². The van der Waals surface area contributed by atoms with Gasteiger partial charge in [0, 0.05) is 5.39 Å². The number of aliphatic carboxylic acids is 1. The molecule has 30 heavy (non-hydrogen) atoms. The van der Waals surface area contributed by atoms with Crippen LogP contribution < -0.4 is 5.32 Å². The smallest absolute Gasteiger partial charge is 0.377 e. The molecule has 0 radical (unpaired) electrons. The van der Waals surface area contributed by atoms with Crippen LogP contribution in [0.5, 0.6) is 0 Å². The Morgan fingerprint density at radius 2 is 1.93 bits per heavy atom. The number of amides is 1. The zero-order valence-electron chi connectivity index (χ0n) is 15.4. The van der Waals surface area contributed by atoms with Gasteiger partial charge in [0.15, 0.2) is 5.16 Å². The Labute approximate surface area is 182 Å². The summed E-state index contributed by atoms with van der Waals surface area (Å²) in [5, 5.41) is 8.25. The Kier molecular flexibility index (Phi) is 5.54. The summed E-state index contributed by atoms with van der Waals surface area (Å²) in [5.74, 6) is -2.57. The van der Waals surface area contributed by atoms with Crippen molar-refractivity contribution in [1.82, 2.24) is 14.9 Å². The molecule has 1 heterocycles. The SMILES string of the molecule is O=C(O)CNC(=O)C(F)(F)Sc1ncc(Br)n1-c1ccc(C2CC2)c2ccccc12. The average molecular weight is 496 g/mol. The van der Waals surface area contributed by atoms with Gasteiger partial charge in [-0.15, -0.1) is 0 Å².